The molecule has 0 bridgehead atoms. The molecule has 4 aromatic heterocycles. The molecule has 0 spiro atoms. The Morgan fingerprint density at radius 1 is 1.05 bits per heavy atom. The second-order valence-corrected chi connectivity index (χ2v) is 9.51. The smallest absolute Gasteiger partial charge is 0.266 e. The molecule has 10 heteroatoms. The zero-order valence-electron chi connectivity index (χ0n) is 22.2. The van der Waals surface area contributed by atoms with E-state index in [0.29, 0.717) is 39.3 Å². The number of hydrogen-bond donors (Lipinski definition) is 1. The molecule has 0 aliphatic heterocycles. The summed E-state index contributed by atoms with van der Waals surface area (Å²) in [6.07, 6.45) is 10.8. The summed E-state index contributed by atoms with van der Waals surface area (Å²) in [6, 6.07) is 16.0. The van der Waals surface area contributed by atoms with Crippen LogP contribution in [0, 0.1) is 6.92 Å². The lowest BCUT2D eigenvalue weighted by Crippen LogP contribution is -2.33. The normalized spacial score (nSPS) is 12.4. The molecule has 6 rings (SSSR count). The standard InChI is InChI=1S/C30H26N8O2/c1-19-25(28-31-15-8-16-37(28)35-19)29(39)33-20(2)27-34-24-12-7-9-22(14-13-21-17-32-36(3)18-21)26(24)30(40)38(27)23-10-5-4-6-11-23/h4-18,20H,1-3H3,(H,33,39)/b14-13+/t20-/m1/s1. The first-order valence-corrected chi connectivity index (χ1v) is 12.8. The lowest BCUT2D eigenvalue weighted by atomic mass is 10.1. The van der Waals surface area contributed by atoms with Crippen LogP contribution < -0.4 is 10.9 Å². The average Bonchev–Trinajstić information content (AvgIpc) is 3.53. The molecule has 10 nitrogen and oxygen atoms in total. The predicted molar refractivity (Wildman–Crippen MR) is 153 cm³/mol. The summed E-state index contributed by atoms with van der Waals surface area (Å²) < 4.78 is 4.86. The molecular formula is C30H26N8O2. The Morgan fingerprint density at radius 3 is 2.65 bits per heavy atom. The molecule has 40 heavy (non-hydrogen) atoms. The third kappa shape index (κ3) is 4.45. The van der Waals surface area contributed by atoms with Gasteiger partial charge in [-0.05, 0) is 43.7 Å². The van der Waals surface area contributed by atoms with Crippen LogP contribution in [0.15, 0.2) is 84.2 Å². The van der Waals surface area contributed by atoms with Gasteiger partial charge in [-0.2, -0.15) is 10.2 Å². The summed E-state index contributed by atoms with van der Waals surface area (Å²) >= 11 is 0. The fraction of sp³-hybridized carbons (Fsp3) is 0.133. The fourth-order valence-corrected chi connectivity index (χ4v) is 4.84. The zero-order valence-corrected chi connectivity index (χ0v) is 22.2. The average molecular weight is 531 g/mol. The highest BCUT2D eigenvalue weighted by Crippen LogP contribution is 2.23. The van der Waals surface area contributed by atoms with E-state index in [0.717, 1.165) is 11.1 Å². The Hall–Kier alpha value is -5.38. The molecule has 0 radical (unpaired) electrons. The molecule has 2 aromatic carbocycles. The second-order valence-electron chi connectivity index (χ2n) is 9.51. The van der Waals surface area contributed by atoms with Crippen LogP contribution in [0.25, 0.3) is 34.4 Å². The molecule has 6 aromatic rings. The number of benzene rings is 2. The molecule has 0 saturated heterocycles. The van der Waals surface area contributed by atoms with E-state index in [9.17, 15) is 9.59 Å². The summed E-state index contributed by atoms with van der Waals surface area (Å²) in [5.41, 5.74) is 4.01. The van der Waals surface area contributed by atoms with Crippen LogP contribution >= 0.6 is 0 Å². The number of carbonyl (C=O) groups excluding carboxylic acids is 1. The van der Waals surface area contributed by atoms with Gasteiger partial charge in [0.05, 0.1) is 34.5 Å². The van der Waals surface area contributed by atoms with E-state index in [-0.39, 0.29) is 11.5 Å². The first-order valence-electron chi connectivity index (χ1n) is 12.8. The van der Waals surface area contributed by atoms with Crippen LogP contribution in [-0.4, -0.2) is 39.8 Å². The molecule has 0 aliphatic carbocycles. The van der Waals surface area contributed by atoms with Gasteiger partial charge in [-0.15, -0.1) is 0 Å². The highest BCUT2D eigenvalue weighted by molar-refractivity contribution is 6.01. The summed E-state index contributed by atoms with van der Waals surface area (Å²) in [4.78, 5) is 36.9. The predicted octanol–water partition coefficient (Wildman–Crippen LogP) is 4.13. The van der Waals surface area contributed by atoms with E-state index in [2.05, 4.69) is 20.5 Å². The van der Waals surface area contributed by atoms with Crippen LogP contribution in [0.2, 0.25) is 0 Å². The number of fused-ring (bicyclic) bond motifs is 2. The molecule has 4 heterocycles. The van der Waals surface area contributed by atoms with Crippen molar-refractivity contribution in [1.29, 1.82) is 0 Å². The molecule has 1 N–H and O–H groups in total. The van der Waals surface area contributed by atoms with Crippen LogP contribution in [0.4, 0.5) is 0 Å². The summed E-state index contributed by atoms with van der Waals surface area (Å²) in [6.45, 7) is 3.58. The molecule has 1 atom stereocenters. The van der Waals surface area contributed by atoms with Crippen LogP contribution in [0.5, 0.6) is 0 Å². The zero-order chi connectivity index (χ0) is 27.8. The second kappa shape index (κ2) is 10.1. The minimum atomic E-state index is -0.613. The van der Waals surface area contributed by atoms with Crippen molar-refractivity contribution >= 4 is 34.6 Å². The van der Waals surface area contributed by atoms with E-state index in [1.807, 2.05) is 80.9 Å². The number of para-hydroxylation sites is 1. The molecule has 0 saturated carbocycles. The van der Waals surface area contributed by atoms with E-state index in [1.165, 1.54) is 0 Å². The van der Waals surface area contributed by atoms with Gasteiger partial charge in [0.15, 0.2) is 5.65 Å². The van der Waals surface area contributed by atoms with Crippen molar-refractivity contribution in [3.8, 4) is 5.69 Å². The van der Waals surface area contributed by atoms with Gasteiger partial charge in [0, 0.05) is 31.2 Å². The van der Waals surface area contributed by atoms with Gasteiger partial charge in [0.25, 0.3) is 11.5 Å². The van der Waals surface area contributed by atoms with Crippen molar-refractivity contribution in [2.24, 2.45) is 7.05 Å². The first kappa shape index (κ1) is 24.9. The third-order valence-corrected chi connectivity index (χ3v) is 6.68. The van der Waals surface area contributed by atoms with E-state index < -0.39 is 6.04 Å². The Morgan fingerprint density at radius 2 is 1.88 bits per heavy atom. The van der Waals surface area contributed by atoms with Crippen molar-refractivity contribution in [3.63, 3.8) is 0 Å². The van der Waals surface area contributed by atoms with Crippen molar-refractivity contribution in [2.75, 3.05) is 0 Å². The lowest BCUT2D eigenvalue weighted by Gasteiger charge is -2.20. The number of rotatable bonds is 6. The molecule has 0 unspecified atom stereocenters. The Labute approximate surface area is 229 Å². The topological polar surface area (TPSA) is 112 Å². The lowest BCUT2D eigenvalue weighted by molar-refractivity contribution is 0.0938. The molecular weight excluding hydrogens is 504 g/mol. The maximum Gasteiger partial charge on any atom is 0.266 e. The Bertz CT molecular complexity index is 1970. The minimum absolute atomic E-state index is 0.229. The minimum Gasteiger partial charge on any atom is -0.342 e. The van der Waals surface area contributed by atoms with Gasteiger partial charge < -0.3 is 5.32 Å². The quantitative estimate of drug-likeness (QED) is 0.347. The molecule has 0 aliphatic rings. The maximum atomic E-state index is 14.2. The number of aryl methyl sites for hydroxylation is 2. The number of hydrogen-bond acceptors (Lipinski definition) is 6. The number of aromatic nitrogens is 7. The molecule has 0 fully saturated rings. The van der Waals surface area contributed by atoms with Crippen LogP contribution in [0.1, 0.15) is 46.0 Å². The van der Waals surface area contributed by atoms with Crippen LogP contribution in [0.3, 0.4) is 0 Å². The van der Waals surface area contributed by atoms with Gasteiger partial charge in [0.1, 0.15) is 11.4 Å². The van der Waals surface area contributed by atoms with Crippen molar-refractivity contribution < 1.29 is 4.79 Å². The van der Waals surface area contributed by atoms with Crippen molar-refractivity contribution in [1.82, 2.24) is 39.2 Å². The first-order chi connectivity index (χ1) is 19.4. The van der Waals surface area contributed by atoms with Gasteiger partial charge in [-0.3, -0.25) is 18.8 Å². The van der Waals surface area contributed by atoms with Gasteiger partial charge in [-0.1, -0.05) is 42.5 Å². The number of nitrogens with one attached hydrogen (secondary N) is 1. The Kier molecular flexibility index (Phi) is 6.27. The summed E-state index contributed by atoms with van der Waals surface area (Å²) in [5.74, 6) is 0.0633. The highest BCUT2D eigenvalue weighted by Gasteiger charge is 2.24. The summed E-state index contributed by atoms with van der Waals surface area (Å²) in [5, 5.41) is 12.1. The van der Waals surface area contributed by atoms with Gasteiger partial charge in [-0.25, -0.2) is 14.5 Å². The monoisotopic (exact) mass is 530 g/mol. The number of carbonyl (C=O) groups is 1. The van der Waals surface area contributed by atoms with E-state index in [1.54, 1.807) is 45.3 Å². The SMILES string of the molecule is Cc1nn2cccnc2c1C(=O)N[C@H](C)c1nc2cccc(/C=C/c3cnn(C)c3)c2c(=O)n1-c1ccccc1. The Balaban J connectivity index is 1.46. The fourth-order valence-electron chi connectivity index (χ4n) is 4.84. The summed E-state index contributed by atoms with van der Waals surface area (Å²) in [7, 11) is 1.85. The largest absolute Gasteiger partial charge is 0.342 e. The number of amides is 1. The van der Waals surface area contributed by atoms with Gasteiger partial charge >= 0.3 is 0 Å². The number of nitrogens with zero attached hydrogens (tertiary/aromatic N) is 7. The van der Waals surface area contributed by atoms with Gasteiger partial charge in [0.2, 0.25) is 0 Å². The molecule has 198 valence electrons. The van der Waals surface area contributed by atoms with E-state index >= 15 is 0 Å². The van der Waals surface area contributed by atoms with E-state index in [4.69, 9.17) is 4.98 Å². The maximum absolute atomic E-state index is 14.2. The van der Waals surface area contributed by atoms with Crippen LogP contribution in [-0.2, 0) is 7.05 Å². The third-order valence-electron chi connectivity index (χ3n) is 6.68. The van der Waals surface area contributed by atoms with Crippen molar-refractivity contribution in [3.05, 3.63) is 118 Å². The molecule has 1 amide bonds. The highest BCUT2D eigenvalue weighted by atomic mass is 16.2. The van der Waals surface area contributed by atoms with Crippen molar-refractivity contribution in [2.45, 2.75) is 19.9 Å².